The van der Waals surface area contributed by atoms with Gasteiger partial charge in [0.1, 0.15) is 0 Å². The summed E-state index contributed by atoms with van der Waals surface area (Å²) in [5.41, 5.74) is 0.597. The van der Waals surface area contributed by atoms with Gasteiger partial charge in [-0.3, -0.25) is 0 Å². The Morgan fingerprint density at radius 3 is 2.65 bits per heavy atom. The molecule has 17 heavy (non-hydrogen) atoms. The smallest absolute Gasteiger partial charge is 0.335 e. The van der Waals surface area contributed by atoms with E-state index < -0.39 is 0 Å². The zero-order chi connectivity index (χ0) is 12.7. The summed E-state index contributed by atoms with van der Waals surface area (Å²) < 4.78 is 10.2. The summed E-state index contributed by atoms with van der Waals surface area (Å²) in [6.45, 7) is 9.24. The van der Waals surface area contributed by atoms with Gasteiger partial charge in [0.25, 0.3) is 0 Å². The monoisotopic (exact) mass is 238 g/mol. The Morgan fingerprint density at radius 1 is 1.41 bits per heavy atom. The van der Waals surface area contributed by atoms with Crippen molar-refractivity contribution in [3.05, 3.63) is 24.8 Å². The molecule has 0 N–H and O–H groups in total. The first-order chi connectivity index (χ1) is 8.15. The Morgan fingerprint density at radius 2 is 2.06 bits per heavy atom. The van der Waals surface area contributed by atoms with Gasteiger partial charge < -0.3 is 9.47 Å². The Bertz CT molecular complexity index is 277. The SMILES string of the molecule is C=CC(C)OCOC(=O)C(=C)C1CCCCC1. The van der Waals surface area contributed by atoms with Crippen LogP contribution in [0.4, 0.5) is 0 Å². The van der Waals surface area contributed by atoms with Crippen LogP contribution in [-0.2, 0) is 14.3 Å². The van der Waals surface area contributed by atoms with Crippen molar-refractivity contribution in [3.8, 4) is 0 Å². The van der Waals surface area contributed by atoms with Gasteiger partial charge in [-0.1, -0.05) is 31.9 Å². The highest BCUT2D eigenvalue weighted by Gasteiger charge is 2.22. The topological polar surface area (TPSA) is 35.5 Å². The molecule has 1 aliphatic rings. The van der Waals surface area contributed by atoms with Gasteiger partial charge in [0.2, 0.25) is 0 Å². The highest BCUT2D eigenvalue weighted by Crippen LogP contribution is 2.29. The van der Waals surface area contributed by atoms with Gasteiger partial charge in [0.15, 0.2) is 6.79 Å². The number of hydrogen-bond donors (Lipinski definition) is 0. The quantitative estimate of drug-likeness (QED) is 0.308. The molecule has 0 amide bonds. The molecular formula is C14H22O3. The lowest BCUT2D eigenvalue weighted by molar-refractivity contribution is -0.154. The number of esters is 1. The Balaban J connectivity index is 2.26. The van der Waals surface area contributed by atoms with E-state index in [0.717, 1.165) is 12.8 Å². The summed E-state index contributed by atoms with van der Waals surface area (Å²) in [6, 6.07) is 0. The minimum Gasteiger partial charge on any atom is -0.435 e. The molecule has 1 atom stereocenters. The highest BCUT2D eigenvalue weighted by atomic mass is 16.7. The maximum absolute atomic E-state index is 11.7. The normalized spacial score (nSPS) is 18.4. The predicted octanol–water partition coefficient (Wildman–Crippen LogP) is 3.21. The first-order valence-corrected chi connectivity index (χ1v) is 6.25. The van der Waals surface area contributed by atoms with Crippen molar-refractivity contribution < 1.29 is 14.3 Å². The van der Waals surface area contributed by atoms with Gasteiger partial charge >= 0.3 is 5.97 Å². The molecule has 1 aliphatic carbocycles. The molecule has 0 aliphatic heterocycles. The Labute approximate surface area is 103 Å². The summed E-state index contributed by atoms with van der Waals surface area (Å²) in [6.07, 6.45) is 7.28. The minimum absolute atomic E-state index is 0.0300. The summed E-state index contributed by atoms with van der Waals surface area (Å²) in [4.78, 5) is 11.7. The van der Waals surface area contributed by atoms with Crippen molar-refractivity contribution >= 4 is 5.97 Å². The molecule has 1 saturated carbocycles. The predicted molar refractivity (Wildman–Crippen MR) is 67.4 cm³/mol. The summed E-state index contributed by atoms with van der Waals surface area (Å²) in [5.74, 6) is -0.0266. The molecule has 3 heteroatoms. The first-order valence-electron chi connectivity index (χ1n) is 6.25. The van der Waals surface area contributed by atoms with Crippen molar-refractivity contribution in [2.75, 3.05) is 6.79 Å². The molecule has 1 rings (SSSR count). The van der Waals surface area contributed by atoms with Crippen LogP contribution in [0.15, 0.2) is 24.8 Å². The molecule has 0 aromatic carbocycles. The number of ether oxygens (including phenoxy) is 2. The van der Waals surface area contributed by atoms with E-state index in [1.807, 2.05) is 6.92 Å². The van der Waals surface area contributed by atoms with Gasteiger partial charge in [0, 0.05) is 5.57 Å². The highest BCUT2D eigenvalue weighted by molar-refractivity contribution is 5.88. The molecular weight excluding hydrogens is 216 g/mol. The van der Waals surface area contributed by atoms with Crippen molar-refractivity contribution in [3.63, 3.8) is 0 Å². The third-order valence-electron chi connectivity index (χ3n) is 3.21. The number of carbonyl (C=O) groups excluding carboxylic acids is 1. The fourth-order valence-corrected chi connectivity index (χ4v) is 1.97. The van der Waals surface area contributed by atoms with E-state index in [4.69, 9.17) is 9.47 Å². The number of hydrogen-bond acceptors (Lipinski definition) is 3. The van der Waals surface area contributed by atoms with E-state index >= 15 is 0 Å². The van der Waals surface area contributed by atoms with Gasteiger partial charge in [-0.05, 0) is 25.7 Å². The van der Waals surface area contributed by atoms with Crippen molar-refractivity contribution in [1.82, 2.24) is 0 Å². The molecule has 0 radical (unpaired) electrons. The zero-order valence-electron chi connectivity index (χ0n) is 10.6. The molecule has 0 spiro atoms. The van der Waals surface area contributed by atoms with E-state index in [1.54, 1.807) is 6.08 Å². The van der Waals surface area contributed by atoms with Gasteiger partial charge in [-0.25, -0.2) is 4.79 Å². The van der Waals surface area contributed by atoms with Crippen LogP contribution in [0.5, 0.6) is 0 Å². The average Bonchev–Trinajstić information content (AvgIpc) is 2.38. The maximum Gasteiger partial charge on any atom is 0.335 e. The largest absolute Gasteiger partial charge is 0.435 e. The molecule has 0 heterocycles. The maximum atomic E-state index is 11.7. The summed E-state index contributed by atoms with van der Waals surface area (Å²) in [5, 5.41) is 0. The van der Waals surface area contributed by atoms with Crippen LogP contribution >= 0.6 is 0 Å². The molecule has 1 fully saturated rings. The second-order valence-electron chi connectivity index (χ2n) is 4.52. The first kappa shape index (κ1) is 14.0. The average molecular weight is 238 g/mol. The molecule has 0 bridgehead atoms. The van der Waals surface area contributed by atoms with E-state index in [9.17, 15) is 4.79 Å². The lowest BCUT2D eigenvalue weighted by atomic mass is 9.84. The van der Waals surface area contributed by atoms with E-state index in [2.05, 4.69) is 13.2 Å². The fraction of sp³-hybridized carbons (Fsp3) is 0.643. The van der Waals surface area contributed by atoms with Crippen molar-refractivity contribution in [2.45, 2.75) is 45.1 Å². The summed E-state index contributed by atoms with van der Waals surface area (Å²) >= 11 is 0. The minimum atomic E-state index is -0.326. The van der Waals surface area contributed by atoms with Gasteiger partial charge in [-0.2, -0.15) is 0 Å². The second kappa shape index (κ2) is 7.28. The fourth-order valence-electron chi connectivity index (χ4n) is 1.97. The van der Waals surface area contributed by atoms with E-state index in [-0.39, 0.29) is 18.9 Å². The van der Waals surface area contributed by atoms with Crippen LogP contribution in [0.2, 0.25) is 0 Å². The van der Waals surface area contributed by atoms with Gasteiger partial charge in [0.05, 0.1) is 6.10 Å². The van der Waals surface area contributed by atoms with Crippen molar-refractivity contribution in [1.29, 1.82) is 0 Å². The zero-order valence-corrected chi connectivity index (χ0v) is 10.6. The van der Waals surface area contributed by atoms with Crippen LogP contribution in [0.3, 0.4) is 0 Å². The lowest BCUT2D eigenvalue weighted by Crippen LogP contribution is -2.19. The van der Waals surface area contributed by atoms with Crippen LogP contribution in [0.1, 0.15) is 39.0 Å². The molecule has 1 unspecified atom stereocenters. The van der Waals surface area contributed by atoms with Crippen LogP contribution < -0.4 is 0 Å². The molecule has 0 aromatic rings. The van der Waals surface area contributed by atoms with Crippen molar-refractivity contribution in [2.24, 2.45) is 5.92 Å². The van der Waals surface area contributed by atoms with Gasteiger partial charge in [-0.15, -0.1) is 6.58 Å². The lowest BCUT2D eigenvalue weighted by Gasteiger charge is -2.22. The number of carbonyl (C=O) groups is 1. The Hall–Kier alpha value is -1.09. The van der Waals surface area contributed by atoms with Crippen LogP contribution in [-0.4, -0.2) is 18.9 Å². The summed E-state index contributed by atoms with van der Waals surface area (Å²) in [7, 11) is 0. The Kier molecular flexibility index (Phi) is 5.98. The number of rotatable bonds is 6. The molecule has 3 nitrogen and oxygen atoms in total. The molecule has 0 aromatic heterocycles. The van der Waals surface area contributed by atoms with Crippen LogP contribution in [0, 0.1) is 5.92 Å². The second-order valence-corrected chi connectivity index (χ2v) is 4.52. The van der Waals surface area contributed by atoms with Crippen LogP contribution in [0.25, 0.3) is 0 Å². The van der Waals surface area contributed by atoms with E-state index in [0.29, 0.717) is 11.5 Å². The van der Waals surface area contributed by atoms with E-state index in [1.165, 1.54) is 19.3 Å². The third-order valence-corrected chi connectivity index (χ3v) is 3.21. The standard InChI is InChI=1S/C14H22O3/c1-4-11(2)16-10-17-14(15)12(3)13-8-6-5-7-9-13/h4,11,13H,1,3,5-10H2,2H3. The molecule has 96 valence electrons. The molecule has 0 saturated heterocycles. The third kappa shape index (κ3) is 4.73.